The molecule has 3 aromatic rings. The fraction of sp³-hybridized carbons (Fsp3) is 0.321. The summed E-state index contributed by atoms with van der Waals surface area (Å²) in [5.74, 6) is -0.465. The SMILES string of the molecule is COc1cc([C@@H]2[C@@H]3CCCN3[C@]3(C(=O)Nc4ccccc43)[C@@H]2[N+](=O)[O-])cc(Cl)c1OCc1ccc([N+](=O)[O-])cc1. The number of benzene rings is 3. The van der Waals surface area contributed by atoms with Crippen LogP contribution in [0.1, 0.15) is 35.4 Å². The first-order chi connectivity index (χ1) is 19.3. The normalized spacial score (nSPS) is 24.9. The van der Waals surface area contributed by atoms with E-state index >= 15 is 0 Å². The molecular weight excluding hydrogens is 540 g/mol. The first kappa shape index (κ1) is 26.0. The van der Waals surface area contributed by atoms with Crippen molar-refractivity contribution >= 4 is 28.9 Å². The quantitative estimate of drug-likeness (QED) is 0.316. The number of non-ortho nitro benzene ring substituents is 1. The molecule has 3 aromatic carbocycles. The summed E-state index contributed by atoms with van der Waals surface area (Å²) in [5, 5.41) is 26.9. The molecule has 6 rings (SSSR count). The topological polar surface area (TPSA) is 137 Å². The molecular formula is C28H25ClN4O7. The van der Waals surface area contributed by atoms with Crippen molar-refractivity contribution in [2.75, 3.05) is 19.0 Å². The summed E-state index contributed by atoms with van der Waals surface area (Å²) in [5.41, 5.74) is 1.03. The Balaban J connectivity index is 1.38. The molecule has 206 valence electrons. The molecule has 0 aliphatic carbocycles. The van der Waals surface area contributed by atoms with E-state index in [2.05, 4.69) is 5.32 Å². The van der Waals surface area contributed by atoms with Gasteiger partial charge in [0.1, 0.15) is 6.61 Å². The van der Waals surface area contributed by atoms with Crippen LogP contribution in [0.2, 0.25) is 5.02 Å². The number of hydrogen-bond acceptors (Lipinski definition) is 8. The van der Waals surface area contributed by atoms with E-state index in [0.717, 1.165) is 6.42 Å². The molecule has 0 saturated carbocycles. The average molecular weight is 565 g/mol. The third kappa shape index (κ3) is 3.80. The maximum absolute atomic E-state index is 13.6. The molecule has 0 aromatic heterocycles. The van der Waals surface area contributed by atoms with Crippen LogP contribution in [-0.4, -0.2) is 46.4 Å². The number of anilines is 1. The minimum absolute atomic E-state index is 0.0297. The van der Waals surface area contributed by atoms with Gasteiger partial charge in [-0.25, -0.2) is 0 Å². The van der Waals surface area contributed by atoms with Gasteiger partial charge in [-0.3, -0.25) is 29.9 Å². The Morgan fingerprint density at radius 2 is 1.88 bits per heavy atom. The highest BCUT2D eigenvalue weighted by atomic mass is 35.5. The van der Waals surface area contributed by atoms with Gasteiger partial charge < -0.3 is 14.8 Å². The van der Waals surface area contributed by atoms with Crippen LogP contribution >= 0.6 is 11.6 Å². The lowest BCUT2D eigenvalue weighted by Crippen LogP contribution is -2.55. The number of amides is 1. The van der Waals surface area contributed by atoms with Crippen molar-refractivity contribution in [3.05, 3.63) is 103 Å². The number of nitro benzene ring substituents is 1. The second-order valence-corrected chi connectivity index (χ2v) is 10.6. The lowest BCUT2D eigenvalue weighted by atomic mass is 9.77. The fourth-order valence-electron chi connectivity index (χ4n) is 6.72. The highest BCUT2D eigenvalue weighted by molar-refractivity contribution is 6.32. The van der Waals surface area contributed by atoms with E-state index in [4.69, 9.17) is 21.1 Å². The molecule has 1 amide bonds. The number of fused-ring (bicyclic) bond motifs is 4. The van der Waals surface area contributed by atoms with E-state index in [9.17, 15) is 25.0 Å². The molecule has 0 bridgehead atoms. The van der Waals surface area contributed by atoms with Crippen molar-refractivity contribution in [2.24, 2.45) is 0 Å². The van der Waals surface area contributed by atoms with E-state index in [-0.39, 0.29) is 39.9 Å². The number of nitro groups is 2. The smallest absolute Gasteiger partial charge is 0.269 e. The van der Waals surface area contributed by atoms with Crippen LogP contribution in [0.4, 0.5) is 11.4 Å². The van der Waals surface area contributed by atoms with E-state index in [1.807, 2.05) is 4.90 Å². The molecule has 3 aliphatic heterocycles. The number of nitrogens with one attached hydrogen (secondary N) is 1. The number of methoxy groups -OCH3 is 1. The van der Waals surface area contributed by atoms with E-state index in [1.165, 1.54) is 19.2 Å². The van der Waals surface area contributed by atoms with Crippen molar-refractivity contribution < 1.29 is 24.1 Å². The van der Waals surface area contributed by atoms with Gasteiger partial charge in [0.15, 0.2) is 17.0 Å². The lowest BCUT2D eigenvalue weighted by molar-refractivity contribution is -0.534. The van der Waals surface area contributed by atoms with Gasteiger partial charge in [-0.1, -0.05) is 29.8 Å². The molecule has 0 unspecified atom stereocenters. The van der Waals surface area contributed by atoms with Crippen molar-refractivity contribution in [1.82, 2.24) is 4.90 Å². The molecule has 3 aliphatic rings. The molecule has 1 N–H and O–H groups in total. The Morgan fingerprint density at radius 3 is 2.58 bits per heavy atom. The van der Waals surface area contributed by atoms with Gasteiger partial charge in [0.05, 0.1) is 23.0 Å². The Hall–Kier alpha value is -4.22. The van der Waals surface area contributed by atoms with Crippen molar-refractivity contribution in [3.63, 3.8) is 0 Å². The number of carbonyl (C=O) groups excluding carboxylic acids is 1. The number of halogens is 1. The highest BCUT2D eigenvalue weighted by Crippen LogP contribution is 2.58. The summed E-state index contributed by atoms with van der Waals surface area (Å²) in [6.45, 7) is 0.638. The van der Waals surface area contributed by atoms with Gasteiger partial charge in [-0.15, -0.1) is 0 Å². The fourth-order valence-corrected chi connectivity index (χ4v) is 6.99. The molecule has 2 fully saturated rings. The first-order valence-corrected chi connectivity index (χ1v) is 13.2. The number of hydrogen-bond donors (Lipinski definition) is 1. The summed E-state index contributed by atoms with van der Waals surface area (Å²) < 4.78 is 11.6. The maximum Gasteiger partial charge on any atom is 0.269 e. The van der Waals surface area contributed by atoms with Crippen LogP contribution in [0.15, 0.2) is 60.7 Å². The minimum Gasteiger partial charge on any atom is -0.493 e. The second kappa shape index (κ2) is 9.76. The number of rotatable bonds is 7. The second-order valence-electron chi connectivity index (χ2n) is 10.2. The third-order valence-corrected chi connectivity index (χ3v) is 8.54. The molecule has 1 spiro atoms. The summed E-state index contributed by atoms with van der Waals surface area (Å²) in [6, 6.07) is 15.0. The van der Waals surface area contributed by atoms with Gasteiger partial charge in [0.25, 0.3) is 17.6 Å². The van der Waals surface area contributed by atoms with E-state index < -0.39 is 22.4 Å². The van der Waals surface area contributed by atoms with E-state index in [0.29, 0.717) is 41.1 Å². The molecule has 0 radical (unpaired) electrons. The van der Waals surface area contributed by atoms with Crippen molar-refractivity contribution in [2.45, 2.75) is 43.0 Å². The van der Waals surface area contributed by atoms with Gasteiger partial charge in [-0.2, -0.15) is 0 Å². The first-order valence-electron chi connectivity index (χ1n) is 12.8. The van der Waals surface area contributed by atoms with Gasteiger partial charge >= 0.3 is 0 Å². The Labute approximate surface area is 233 Å². The Bertz CT molecular complexity index is 1530. The average Bonchev–Trinajstić information content (AvgIpc) is 3.60. The van der Waals surface area contributed by atoms with Crippen LogP contribution in [0.25, 0.3) is 0 Å². The maximum atomic E-state index is 13.6. The Kier molecular flexibility index (Phi) is 6.35. The number of carbonyl (C=O) groups is 1. The zero-order chi connectivity index (χ0) is 28.2. The molecule has 3 heterocycles. The van der Waals surface area contributed by atoms with Crippen molar-refractivity contribution in [1.29, 1.82) is 0 Å². The largest absolute Gasteiger partial charge is 0.493 e. The van der Waals surface area contributed by atoms with Crippen LogP contribution in [0, 0.1) is 20.2 Å². The predicted octanol–water partition coefficient (Wildman–Crippen LogP) is 4.89. The predicted molar refractivity (Wildman–Crippen MR) is 145 cm³/mol. The number of ether oxygens (including phenoxy) is 2. The number of nitrogens with zero attached hydrogens (tertiary/aromatic N) is 3. The van der Waals surface area contributed by atoms with Gasteiger partial charge in [0.2, 0.25) is 0 Å². The molecule has 2 saturated heterocycles. The summed E-state index contributed by atoms with van der Waals surface area (Å²) in [6.07, 6.45) is 1.51. The summed E-state index contributed by atoms with van der Waals surface area (Å²) in [7, 11) is 1.46. The monoisotopic (exact) mass is 564 g/mol. The zero-order valence-corrected chi connectivity index (χ0v) is 22.2. The van der Waals surface area contributed by atoms with Crippen LogP contribution in [0.5, 0.6) is 11.5 Å². The Morgan fingerprint density at radius 1 is 1.12 bits per heavy atom. The lowest BCUT2D eigenvalue weighted by Gasteiger charge is -2.32. The molecule has 12 heteroatoms. The number of para-hydroxylation sites is 1. The minimum atomic E-state index is -1.43. The van der Waals surface area contributed by atoms with Gasteiger partial charge in [-0.05, 0) is 54.3 Å². The summed E-state index contributed by atoms with van der Waals surface area (Å²) >= 11 is 6.70. The molecule has 11 nitrogen and oxygen atoms in total. The molecule has 40 heavy (non-hydrogen) atoms. The van der Waals surface area contributed by atoms with E-state index in [1.54, 1.807) is 48.5 Å². The summed E-state index contributed by atoms with van der Waals surface area (Å²) in [4.78, 5) is 38.6. The van der Waals surface area contributed by atoms with Gasteiger partial charge in [0, 0.05) is 40.9 Å². The van der Waals surface area contributed by atoms with Crippen LogP contribution in [0.3, 0.4) is 0 Å². The highest BCUT2D eigenvalue weighted by Gasteiger charge is 2.73. The van der Waals surface area contributed by atoms with Crippen LogP contribution < -0.4 is 14.8 Å². The zero-order valence-electron chi connectivity index (χ0n) is 21.4. The standard InChI is InChI=1S/C28H25ClN4O7/c1-39-23-14-17(13-20(29)25(23)40-15-16-8-10-18(11-9-16)32(35)36)24-22-7-4-12-31(22)28(26(24)33(37)38)19-5-2-3-6-21(19)30-27(28)34/h2-3,5-6,8-11,13-14,22,24,26H,4,7,12,15H2,1H3,(H,30,34)/t22-,24+,26+,28-/m0/s1. The van der Waals surface area contributed by atoms with Crippen molar-refractivity contribution in [3.8, 4) is 11.5 Å². The third-order valence-electron chi connectivity index (χ3n) is 8.26. The molecule has 4 atom stereocenters. The van der Waals surface area contributed by atoms with Crippen LogP contribution in [-0.2, 0) is 16.9 Å².